The predicted molar refractivity (Wildman–Crippen MR) is 70.6 cm³/mol. The Balaban J connectivity index is 2.41. The average molecular weight is 223 g/mol. The van der Waals surface area contributed by atoms with Crippen LogP contribution < -0.4 is 5.32 Å². The van der Waals surface area contributed by atoms with E-state index in [4.69, 9.17) is 0 Å². The zero-order valence-electron chi connectivity index (χ0n) is 10.1. The third-order valence-electron chi connectivity index (χ3n) is 2.73. The molecule has 1 unspecified atom stereocenters. The second kappa shape index (κ2) is 6.19. The molecule has 0 aliphatic carbocycles. The molecule has 0 aliphatic rings. The molecule has 15 heavy (non-hydrogen) atoms. The SMILES string of the molecule is CSC(C)CNCc1ccc(C)c(C)c1. The molecular formula is C13H21NS. The highest BCUT2D eigenvalue weighted by atomic mass is 32.2. The first-order valence-corrected chi connectivity index (χ1v) is 6.72. The highest BCUT2D eigenvalue weighted by Crippen LogP contribution is 2.10. The van der Waals surface area contributed by atoms with Gasteiger partial charge in [-0.15, -0.1) is 0 Å². The average Bonchev–Trinajstić information content (AvgIpc) is 2.23. The normalized spacial score (nSPS) is 12.8. The lowest BCUT2D eigenvalue weighted by molar-refractivity contribution is 0.684. The summed E-state index contributed by atoms with van der Waals surface area (Å²) in [6.07, 6.45) is 2.16. The lowest BCUT2D eigenvalue weighted by Crippen LogP contribution is -2.22. The smallest absolute Gasteiger partial charge is 0.0206 e. The maximum atomic E-state index is 3.48. The summed E-state index contributed by atoms with van der Waals surface area (Å²) < 4.78 is 0. The zero-order valence-corrected chi connectivity index (χ0v) is 10.9. The van der Waals surface area contributed by atoms with Crippen LogP contribution >= 0.6 is 11.8 Å². The first kappa shape index (κ1) is 12.6. The van der Waals surface area contributed by atoms with Crippen LogP contribution in [-0.4, -0.2) is 18.1 Å². The summed E-state index contributed by atoms with van der Waals surface area (Å²) in [6.45, 7) is 8.63. The minimum absolute atomic E-state index is 0.691. The van der Waals surface area contributed by atoms with Crippen molar-refractivity contribution in [2.24, 2.45) is 0 Å². The highest BCUT2D eigenvalue weighted by Gasteiger charge is 1.99. The van der Waals surface area contributed by atoms with E-state index in [2.05, 4.69) is 50.5 Å². The largest absolute Gasteiger partial charge is 0.312 e. The lowest BCUT2D eigenvalue weighted by atomic mass is 10.1. The number of thioether (sulfide) groups is 1. The first-order valence-electron chi connectivity index (χ1n) is 5.43. The van der Waals surface area contributed by atoms with Crippen LogP contribution in [0.2, 0.25) is 0 Å². The Hall–Kier alpha value is -0.470. The van der Waals surface area contributed by atoms with Gasteiger partial charge < -0.3 is 5.32 Å². The number of rotatable bonds is 5. The van der Waals surface area contributed by atoms with E-state index in [1.807, 2.05) is 11.8 Å². The summed E-state index contributed by atoms with van der Waals surface area (Å²) in [5.41, 5.74) is 4.13. The third-order valence-corrected chi connectivity index (χ3v) is 3.71. The van der Waals surface area contributed by atoms with Crippen molar-refractivity contribution in [1.29, 1.82) is 0 Å². The van der Waals surface area contributed by atoms with E-state index in [0.717, 1.165) is 13.1 Å². The lowest BCUT2D eigenvalue weighted by Gasteiger charge is -2.10. The molecule has 1 aromatic rings. The molecule has 0 aromatic heterocycles. The second-order valence-electron chi connectivity index (χ2n) is 4.10. The maximum Gasteiger partial charge on any atom is 0.0206 e. The zero-order chi connectivity index (χ0) is 11.3. The van der Waals surface area contributed by atoms with Crippen molar-refractivity contribution in [2.45, 2.75) is 32.6 Å². The van der Waals surface area contributed by atoms with Crippen LogP contribution in [0.1, 0.15) is 23.6 Å². The molecule has 84 valence electrons. The van der Waals surface area contributed by atoms with Gasteiger partial charge in [0.2, 0.25) is 0 Å². The maximum absolute atomic E-state index is 3.48. The Bertz CT molecular complexity index is 309. The molecule has 0 radical (unpaired) electrons. The topological polar surface area (TPSA) is 12.0 Å². The van der Waals surface area contributed by atoms with E-state index in [-0.39, 0.29) is 0 Å². The van der Waals surface area contributed by atoms with Crippen LogP contribution in [0.15, 0.2) is 18.2 Å². The molecule has 0 spiro atoms. The van der Waals surface area contributed by atoms with Crippen molar-refractivity contribution in [3.05, 3.63) is 34.9 Å². The fraction of sp³-hybridized carbons (Fsp3) is 0.538. The van der Waals surface area contributed by atoms with Crippen molar-refractivity contribution in [3.63, 3.8) is 0 Å². The molecule has 0 bridgehead atoms. The predicted octanol–water partition coefficient (Wildman–Crippen LogP) is 3.14. The van der Waals surface area contributed by atoms with Gasteiger partial charge in [0.15, 0.2) is 0 Å². The van der Waals surface area contributed by atoms with E-state index in [1.165, 1.54) is 16.7 Å². The van der Waals surface area contributed by atoms with Gasteiger partial charge >= 0.3 is 0 Å². The summed E-state index contributed by atoms with van der Waals surface area (Å²) in [4.78, 5) is 0. The quantitative estimate of drug-likeness (QED) is 0.823. The van der Waals surface area contributed by atoms with Gasteiger partial charge in [-0.25, -0.2) is 0 Å². The molecule has 0 heterocycles. The minimum Gasteiger partial charge on any atom is -0.312 e. The van der Waals surface area contributed by atoms with E-state index in [0.29, 0.717) is 5.25 Å². The van der Waals surface area contributed by atoms with Gasteiger partial charge in [0.05, 0.1) is 0 Å². The Morgan fingerprint density at radius 2 is 2.00 bits per heavy atom. The molecule has 1 N–H and O–H groups in total. The summed E-state index contributed by atoms with van der Waals surface area (Å²) in [7, 11) is 0. The van der Waals surface area contributed by atoms with Gasteiger partial charge in [-0.3, -0.25) is 0 Å². The summed E-state index contributed by atoms with van der Waals surface area (Å²) in [6, 6.07) is 6.68. The van der Waals surface area contributed by atoms with E-state index < -0.39 is 0 Å². The Morgan fingerprint density at radius 3 is 2.60 bits per heavy atom. The summed E-state index contributed by atoms with van der Waals surface area (Å²) in [5, 5.41) is 4.17. The van der Waals surface area contributed by atoms with Crippen molar-refractivity contribution >= 4 is 11.8 Å². The van der Waals surface area contributed by atoms with Crippen molar-refractivity contribution < 1.29 is 0 Å². The van der Waals surface area contributed by atoms with Gasteiger partial charge in [-0.05, 0) is 36.8 Å². The number of hydrogen-bond donors (Lipinski definition) is 1. The summed E-state index contributed by atoms with van der Waals surface area (Å²) >= 11 is 1.90. The highest BCUT2D eigenvalue weighted by molar-refractivity contribution is 7.99. The van der Waals surface area contributed by atoms with Gasteiger partial charge in [0.25, 0.3) is 0 Å². The molecule has 2 heteroatoms. The molecule has 0 fully saturated rings. The van der Waals surface area contributed by atoms with E-state index in [9.17, 15) is 0 Å². The van der Waals surface area contributed by atoms with Crippen molar-refractivity contribution in [3.8, 4) is 0 Å². The molecule has 0 saturated heterocycles. The molecular weight excluding hydrogens is 202 g/mol. The van der Waals surface area contributed by atoms with Gasteiger partial charge in [0.1, 0.15) is 0 Å². The molecule has 1 atom stereocenters. The van der Waals surface area contributed by atoms with Gasteiger partial charge in [-0.2, -0.15) is 11.8 Å². The monoisotopic (exact) mass is 223 g/mol. The third kappa shape index (κ3) is 4.27. The molecule has 0 aliphatic heterocycles. The van der Waals surface area contributed by atoms with Crippen LogP contribution in [0, 0.1) is 13.8 Å². The molecule has 1 aromatic carbocycles. The Kier molecular flexibility index (Phi) is 5.20. The van der Waals surface area contributed by atoms with Crippen LogP contribution in [0.5, 0.6) is 0 Å². The molecule has 1 nitrogen and oxygen atoms in total. The molecule has 1 rings (SSSR count). The standard InChI is InChI=1S/C13H21NS/c1-10-5-6-13(7-11(10)2)9-14-8-12(3)15-4/h5-7,12,14H,8-9H2,1-4H3. The molecule has 0 saturated carbocycles. The Morgan fingerprint density at radius 1 is 1.27 bits per heavy atom. The molecule has 0 amide bonds. The first-order chi connectivity index (χ1) is 7.13. The van der Waals surface area contributed by atoms with Crippen molar-refractivity contribution in [2.75, 3.05) is 12.8 Å². The minimum atomic E-state index is 0.691. The number of aryl methyl sites for hydroxylation is 2. The number of benzene rings is 1. The van der Waals surface area contributed by atoms with Crippen LogP contribution in [-0.2, 0) is 6.54 Å². The summed E-state index contributed by atoms with van der Waals surface area (Å²) in [5.74, 6) is 0. The van der Waals surface area contributed by atoms with Crippen LogP contribution in [0.4, 0.5) is 0 Å². The van der Waals surface area contributed by atoms with Gasteiger partial charge in [-0.1, -0.05) is 25.1 Å². The van der Waals surface area contributed by atoms with Crippen LogP contribution in [0.3, 0.4) is 0 Å². The van der Waals surface area contributed by atoms with Crippen molar-refractivity contribution in [1.82, 2.24) is 5.32 Å². The Labute approximate surface area is 97.7 Å². The number of nitrogens with one attached hydrogen (secondary N) is 1. The van der Waals surface area contributed by atoms with E-state index in [1.54, 1.807) is 0 Å². The fourth-order valence-electron chi connectivity index (χ4n) is 1.42. The second-order valence-corrected chi connectivity index (χ2v) is 5.37. The van der Waals surface area contributed by atoms with Gasteiger partial charge in [0, 0.05) is 18.3 Å². The number of hydrogen-bond acceptors (Lipinski definition) is 2. The van der Waals surface area contributed by atoms with Crippen LogP contribution in [0.25, 0.3) is 0 Å². The van der Waals surface area contributed by atoms with E-state index >= 15 is 0 Å². The fourth-order valence-corrected chi connectivity index (χ4v) is 1.70.